The number of rotatable bonds is 6. The predicted molar refractivity (Wildman–Crippen MR) is 86.7 cm³/mol. The molecule has 3 nitrogen and oxygen atoms in total. The van der Waals surface area contributed by atoms with Crippen molar-refractivity contribution in [3.05, 3.63) is 28.2 Å². The van der Waals surface area contributed by atoms with Gasteiger partial charge in [-0.2, -0.15) is 0 Å². The maximum atomic E-state index is 5.82. The first kappa shape index (κ1) is 16.3. The lowest BCUT2D eigenvalue weighted by molar-refractivity contribution is 0.0934. The molecule has 5 heteroatoms. The third-order valence-electron chi connectivity index (χ3n) is 3.55. The van der Waals surface area contributed by atoms with Crippen LogP contribution in [0.25, 0.3) is 0 Å². The van der Waals surface area contributed by atoms with Crippen LogP contribution in [0.2, 0.25) is 0 Å². The lowest BCUT2D eigenvalue weighted by Crippen LogP contribution is -2.19. The number of alkyl halides is 1. The molecule has 3 atom stereocenters. The van der Waals surface area contributed by atoms with Crippen molar-refractivity contribution < 1.29 is 14.2 Å². The van der Waals surface area contributed by atoms with Crippen LogP contribution in [0.4, 0.5) is 0 Å². The molecule has 0 bridgehead atoms. The van der Waals surface area contributed by atoms with Gasteiger partial charge in [-0.3, -0.25) is 0 Å². The molecular formula is C15H20Br2O3. The molecule has 0 radical (unpaired) electrons. The van der Waals surface area contributed by atoms with Gasteiger partial charge in [0.05, 0.1) is 22.0 Å². The predicted octanol–water partition coefficient (Wildman–Crippen LogP) is 4.34. The summed E-state index contributed by atoms with van der Waals surface area (Å²) in [5.41, 5.74) is 1.20. The third kappa shape index (κ3) is 3.97. The van der Waals surface area contributed by atoms with E-state index in [1.165, 1.54) is 5.56 Å². The molecule has 3 unspecified atom stereocenters. The van der Waals surface area contributed by atoms with Crippen LogP contribution in [0, 0.1) is 5.92 Å². The zero-order valence-corrected chi connectivity index (χ0v) is 14.9. The highest BCUT2D eigenvalue weighted by Gasteiger charge is 2.31. The molecule has 0 N–H and O–H groups in total. The van der Waals surface area contributed by atoms with E-state index in [1.807, 2.05) is 6.07 Å². The minimum absolute atomic E-state index is 0.212. The number of halogens is 2. The van der Waals surface area contributed by atoms with Gasteiger partial charge in [-0.15, -0.1) is 0 Å². The number of hydrogen-bond donors (Lipinski definition) is 0. The van der Waals surface area contributed by atoms with Crippen LogP contribution in [-0.4, -0.2) is 33.0 Å². The van der Waals surface area contributed by atoms with Gasteiger partial charge in [-0.05, 0) is 46.0 Å². The fourth-order valence-electron chi connectivity index (χ4n) is 2.32. The first-order valence-electron chi connectivity index (χ1n) is 6.80. The van der Waals surface area contributed by atoms with Gasteiger partial charge in [0, 0.05) is 13.7 Å². The van der Waals surface area contributed by atoms with E-state index in [-0.39, 0.29) is 10.9 Å². The lowest BCUT2D eigenvalue weighted by Gasteiger charge is -2.22. The van der Waals surface area contributed by atoms with Gasteiger partial charge < -0.3 is 14.2 Å². The second-order valence-electron chi connectivity index (χ2n) is 5.03. The Balaban J connectivity index is 2.04. The van der Waals surface area contributed by atoms with Crippen molar-refractivity contribution >= 4 is 31.9 Å². The Kier molecular flexibility index (Phi) is 6.33. The molecule has 112 valence electrons. The van der Waals surface area contributed by atoms with Crippen LogP contribution in [0.3, 0.4) is 0 Å². The fraction of sp³-hybridized carbons (Fsp3) is 0.600. The highest BCUT2D eigenvalue weighted by Crippen LogP contribution is 2.39. The summed E-state index contributed by atoms with van der Waals surface area (Å²) in [5, 5.41) is 0. The van der Waals surface area contributed by atoms with E-state index in [1.54, 1.807) is 7.11 Å². The summed E-state index contributed by atoms with van der Waals surface area (Å²) in [6.45, 7) is 4.23. The van der Waals surface area contributed by atoms with E-state index >= 15 is 0 Å². The molecule has 0 amide bonds. The van der Waals surface area contributed by atoms with Gasteiger partial charge in [0.2, 0.25) is 0 Å². The summed E-state index contributed by atoms with van der Waals surface area (Å²) in [6.07, 6.45) is 1.37. The number of methoxy groups -OCH3 is 1. The van der Waals surface area contributed by atoms with Crippen LogP contribution < -0.4 is 4.74 Å². The molecule has 1 saturated heterocycles. The van der Waals surface area contributed by atoms with Crippen molar-refractivity contribution in [1.82, 2.24) is 0 Å². The van der Waals surface area contributed by atoms with Crippen molar-refractivity contribution in [2.24, 2.45) is 5.92 Å². The Morgan fingerprint density at radius 3 is 2.80 bits per heavy atom. The molecule has 0 aromatic heterocycles. The summed E-state index contributed by atoms with van der Waals surface area (Å²) in [4.78, 5) is 0.212. The van der Waals surface area contributed by atoms with Crippen molar-refractivity contribution in [2.75, 3.05) is 26.9 Å². The van der Waals surface area contributed by atoms with Gasteiger partial charge >= 0.3 is 0 Å². The molecule has 0 saturated carbocycles. The summed E-state index contributed by atoms with van der Waals surface area (Å²) < 4.78 is 17.4. The molecule has 0 spiro atoms. The van der Waals surface area contributed by atoms with E-state index in [0.717, 1.165) is 23.2 Å². The molecule has 20 heavy (non-hydrogen) atoms. The fourth-order valence-corrected chi connectivity index (χ4v) is 3.79. The molecule has 1 aliphatic rings. The Hall–Kier alpha value is -0.100. The van der Waals surface area contributed by atoms with Gasteiger partial charge in [0.1, 0.15) is 12.4 Å². The van der Waals surface area contributed by atoms with Crippen LogP contribution in [0.5, 0.6) is 5.75 Å². The minimum atomic E-state index is 0.212. The first-order valence-corrected chi connectivity index (χ1v) is 8.51. The molecule has 2 rings (SSSR count). The smallest absolute Gasteiger partial charge is 0.133 e. The number of ether oxygens (including phenoxy) is 3. The Morgan fingerprint density at radius 1 is 1.40 bits per heavy atom. The van der Waals surface area contributed by atoms with E-state index in [9.17, 15) is 0 Å². The summed E-state index contributed by atoms with van der Waals surface area (Å²) >= 11 is 7.33. The number of benzene rings is 1. The zero-order chi connectivity index (χ0) is 14.5. The highest BCUT2D eigenvalue weighted by atomic mass is 79.9. The van der Waals surface area contributed by atoms with Gasteiger partial charge in [0.15, 0.2) is 0 Å². The third-order valence-corrected chi connectivity index (χ3v) is 5.22. The molecule has 1 aromatic carbocycles. The number of hydrogen-bond acceptors (Lipinski definition) is 3. The maximum absolute atomic E-state index is 5.82. The molecule has 0 aliphatic carbocycles. The van der Waals surface area contributed by atoms with E-state index in [0.29, 0.717) is 19.1 Å². The summed E-state index contributed by atoms with van der Waals surface area (Å²) in [7, 11) is 1.67. The van der Waals surface area contributed by atoms with Crippen LogP contribution in [-0.2, 0) is 9.47 Å². The Bertz CT molecular complexity index is 439. The SMILES string of the molecule is COCCOc1ccc(C(Br)C2OCCC2C)cc1Br. The normalized spacial score (nSPS) is 23.8. The van der Waals surface area contributed by atoms with Gasteiger partial charge in [0.25, 0.3) is 0 Å². The summed E-state index contributed by atoms with van der Waals surface area (Å²) in [6, 6.07) is 6.17. The molecule has 1 heterocycles. The minimum Gasteiger partial charge on any atom is -0.490 e. The van der Waals surface area contributed by atoms with E-state index in [2.05, 4.69) is 50.9 Å². The molecule has 1 aliphatic heterocycles. The topological polar surface area (TPSA) is 27.7 Å². The monoisotopic (exact) mass is 406 g/mol. The van der Waals surface area contributed by atoms with Crippen molar-refractivity contribution in [3.8, 4) is 5.75 Å². The average molecular weight is 408 g/mol. The van der Waals surface area contributed by atoms with Crippen LogP contribution in [0.1, 0.15) is 23.7 Å². The van der Waals surface area contributed by atoms with Crippen molar-refractivity contribution in [2.45, 2.75) is 24.3 Å². The average Bonchev–Trinajstić information content (AvgIpc) is 2.86. The molecular weight excluding hydrogens is 388 g/mol. The van der Waals surface area contributed by atoms with Crippen molar-refractivity contribution in [3.63, 3.8) is 0 Å². The molecule has 1 aromatic rings. The zero-order valence-electron chi connectivity index (χ0n) is 11.8. The summed E-state index contributed by atoms with van der Waals surface area (Å²) in [5.74, 6) is 1.42. The quantitative estimate of drug-likeness (QED) is 0.518. The maximum Gasteiger partial charge on any atom is 0.133 e. The Morgan fingerprint density at radius 2 is 2.20 bits per heavy atom. The second-order valence-corrected chi connectivity index (χ2v) is 6.88. The van der Waals surface area contributed by atoms with E-state index in [4.69, 9.17) is 14.2 Å². The van der Waals surface area contributed by atoms with Gasteiger partial charge in [-0.1, -0.05) is 28.9 Å². The van der Waals surface area contributed by atoms with E-state index < -0.39 is 0 Å². The Labute approximate surface area is 137 Å². The van der Waals surface area contributed by atoms with Crippen molar-refractivity contribution in [1.29, 1.82) is 0 Å². The van der Waals surface area contributed by atoms with Crippen LogP contribution >= 0.6 is 31.9 Å². The first-order chi connectivity index (χ1) is 9.63. The highest BCUT2D eigenvalue weighted by molar-refractivity contribution is 9.10. The van der Waals surface area contributed by atoms with Gasteiger partial charge in [-0.25, -0.2) is 0 Å². The largest absolute Gasteiger partial charge is 0.490 e. The molecule has 1 fully saturated rings. The second kappa shape index (κ2) is 7.78. The lowest BCUT2D eigenvalue weighted by atomic mass is 9.97. The standard InChI is InChI=1S/C15H20Br2O3/c1-10-5-6-20-15(10)14(17)11-3-4-13(12(16)9-11)19-8-7-18-2/h3-4,9-10,14-15H,5-8H2,1-2H3. The van der Waals surface area contributed by atoms with Crippen LogP contribution in [0.15, 0.2) is 22.7 Å².